The second-order valence-electron chi connectivity index (χ2n) is 4.63. The highest BCUT2D eigenvalue weighted by molar-refractivity contribution is 7.99. The fourth-order valence-electron chi connectivity index (χ4n) is 2.51. The Bertz CT molecular complexity index is 707. The topological polar surface area (TPSA) is 3.24 Å². The minimum Gasteiger partial charge on any atom is -0.308 e. The van der Waals surface area contributed by atoms with Gasteiger partial charge in [0.05, 0.1) is 11.4 Å². The summed E-state index contributed by atoms with van der Waals surface area (Å²) in [5.74, 6) is 0. The lowest BCUT2D eigenvalue weighted by molar-refractivity contribution is 1.17. The molecule has 4 rings (SSSR count). The van der Waals surface area contributed by atoms with Gasteiger partial charge in [0, 0.05) is 15.5 Å². The molecule has 0 spiro atoms. The van der Waals surface area contributed by atoms with Gasteiger partial charge in [0.1, 0.15) is 0 Å². The van der Waals surface area contributed by atoms with Crippen LogP contribution in [-0.4, -0.2) is 0 Å². The van der Waals surface area contributed by atoms with E-state index in [4.69, 9.17) is 0 Å². The maximum absolute atomic E-state index is 3.09. The maximum Gasteiger partial charge on any atom is 0.0601 e. The lowest BCUT2D eigenvalue weighted by Gasteiger charge is -2.32. The second kappa shape index (κ2) is 4.73. The zero-order valence-electron chi connectivity index (χ0n) is 10.8. The number of benzene rings is 3. The molecule has 1 aliphatic heterocycles. The summed E-state index contributed by atoms with van der Waals surface area (Å²) < 4.78 is 0. The van der Waals surface area contributed by atoms with E-state index in [1.54, 1.807) is 0 Å². The van der Waals surface area contributed by atoms with Crippen LogP contribution in [0, 0.1) is 6.07 Å². The van der Waals surface area contributed by atoms with Crippen LogP contribution in [0.1, 0.15) is 0 Å². The first-order valence-electron chi connectivity index (χ1n) is 6.56. The minimum absolute atomic E-state index is 1.17. The van der Waals surface area contributed by atoms with Crippen molar-refractivity contribution >= 4 is 28.8 Å². The highest BCUT2D eigenvalue weighted by Crippen LogP contribution is 2.50. The largest absolute Gasteiger partial charge is 0.308 e. The third kappa shape index (κ3) is 1.81. The molecule has 0 aromatic heterocycles. The van der Waals surface area contributed by atoms with E-state index in [1.165, 1.54) is 26.9 Å². The third-order valence-corrected chi connectivity index (χ3v) is 4.52. The van der Waals surface area contributed by atoms with Gasteiger partial charge in [-0.1, -0.05) is 48.2 Å². The molecule has 0 atom stereocenters. The van der Waals surface area contributed by atoms with Crippen molar-refractivity contribution in [1.82, 2.24) is 0 Å². The van der Waals surface area contributed by atoms with Gasteiger partial charge >= 0.3 is 0 Å². The Hall–Kier alpha value is -2.19. The van der Waals surface area contributed by atoms with E-state index in [9.17, 15) is 0 Å². The van der Waals surface area contributed by atoms with Crippen LogP contribution in [0.4, 0.5) is 17.1 Å². The first kappa shape index (κ1) is 11.6. The van der Waals surface area contributed by atoms with Gasteiger partial charge in [-0.05, 0) is 42.5 Å². The van der Waals surface area contributed by atoms with Gasteiger partial charge in [-0.3, -0.25) is 0 Å². The summed E-state index contributed by atoms with van der Waals surface area (Å²) in [5.41, 5.74) is 3.65. The standard InChI is InChI=1S/C18H12NS/c1-2-8-14(9-3-1)19-15-10-4-6-12-17(15)20-18-13-7-5-11-16(18)19/h2-13H. The van der Waals surface area contributed by atoms with E-state index in [1.807, 2.05) is 23.9 Å². The predicted octanol–water partition coefficient (Wildman–Crippen LogP) is 5.42. The SMILES string of the molecule is [c]1ccc(N2c3ccccc3Sc3ccccc32)cc1. The zero-order valence-corrected chi connectivity index (χ0v) is 11.6. The molecule has 0 N–H and O–H groups in total. The van der Waals surface area contributed by atoms with Crippen molar-refractivity contribution < 1.29 is 0 Å². The Morgan fingerprint density at radius 2 is 1.25 bits per heavy atom. The number of anilines is 3. The fourth-order valence-corrected chi connectivity index (χ4v) is 3.57. The summed E-state index contributed by atoms with van der Waals surface area (Å²) >= 11 is 1.83. The van der Waals surface area contributed by atoms with E-state index in [-0.39, 0.29) is 0 Å². The van der Waals surface area contributed by atoms with E-state index < -0.39 is 0 Å². The third-order valence-electron chi connectivity index (χ3n) is 3.39. The monoisotopic (exact) mass is 274 g/mol. The van der Waals surface area contributed by atoms with Crippen molar-refractivity contribution in [2.45, 2.75) is 9.79 Å². The summed E-state index contributed by atoms with van der Waals surface area (Å²) in [6, 6.07) is 28.3. The van der Waals surface area contributed by atoms with Gasteiger partial charge in [-0.2, -0.15) is 0 Å². The van der Waals surface area contributed by atoms with Crippen LogP contribution in [0.3, 0.4) is 0 Å². The van der Waals surface area contributed by atoms with Gasteiger partial charge in [-0.25, -0.2) is 0 Å². The molecule has 0 saturated heterocycles. The first-order chi connectivity index (χ1) is 9.93. The fraction of sp³-hybridized carbons (Fsp3) is 0. The van der Waals surface area contributed by atoms with Gasteiger partial charge in [-0.15, -0.1) is 0 Å². The van der Waals surface area contributed by atoms with Gasteiger partial charge in [0.15, 0.2) is 0 Å². The molecule has 0 unspecified atom stereocenters. The van der Waals surface area contributed by atoms with E-state index in [0.29, 0.717) is 0 Å². The minimum atomic E-state index is 1.17. The number of hydrogen-bond donors (Lipinski definition) is 0. The molecule has 0 amide bonds. The number of para-hydroxylation sites is 2. The highest BCUT2D eigenvalue weighted by atomic mass is 32.2. The quantitative estimate of drug-likeness (QED) is 0.456. The van der Waals surface area contributed by atoms with Gasteiger partial charge in [0.25, 0.3) is 0 Å². The number of nitrogens with zero attached hydrogens (tertiary/aromatic N) is 1. The molecule has 20 heavy (non-hydrogen) atoms. The van der Waals surface area contributed by atoms with Crippen molar-refractivity contribution in [2.75, 3.05) is 4.90 Å². The Morgan fingerprint density at radius 1 is 0.700 bits per heavy atom. The van der Waals surface area contributed by atoms with Crippen LogP contribution in [0.15, 0.2) is 82.6 Å². The predicted molar refractivity (Wildman–Crippen MR) is 84.1 cm³/mol. The van der Waals surface area contributed by atoms with E-state index in [2.05, 4.69) is 71.6 Å². The van der Waals surface area contributed by atoms with Crippen molar-refractivity contribution in [3.05, 3.63) is 78.9 Å². The summed E-state index contributed by atoms with van der Waals surface area (Å²) in [7, 11) is 0. The maximum atomic E-state index is 3.09. The summed E-state index contributed by atoms with van der Waals surface area (Å²) in [6.45, 7) is 0. The van der Waals surface area contributed by atoms with Crippen molar-refractivity contribution in [3.63, 3.8) is 0 Å². The Morgan fingerprint density at radius 3 is 1.85 bits per heavy atom. The molecule has 0 aliphatic carbocycles. The lowest BCUT2D eigenvalue weighted by atomic mass is 10.2. The molecule has 3 aromatic rings. The van der Waals surface area contributed by atoms with Crippen LogP contribution in [0.2, 0.25) is 0 Å². The van der Waals surface area contributed by atoms with Crippen LogP contribution >= 0.6 is 11.8 Å². The van der Waals surface area contributed by atoms with Gasteiger partial charge in [0.2, 0.25) is 0 Å². The number of rotatable bonds is 1. The smallest absolute Gasteiger partial charge is 0.0601 e. The summed E-state index contributed by atoms with van der Waals surface area (Å²) in [6.07, 6.45) is 0. The average molecular weight is 274 g/mol. The molecular formula is C18H12NS. The molecule has 1 heterocycles. The summed E-state index contributed by atoms with van der Waals surface area (Å²) in [5, 5.41) is 0. The Kier molecular flexibility index (Phi) is 2.75. The molecule has 1 radical (unpaired) electrons. The molecule has 2 heteroatoms. The molecule has 1 nitrogen and oxygen atoms in total. The molecule has 95 valence electrons. The zero-order chi connectivity index (χ0) is 13.4. The molecular weight excluding hydrogens is 262 g/mol. The first-order valence-corrected chi connectivity index (χ1v) is 7.37. The van der Waals surface area contributed by atoms with Crippen molar-refractivity contribution in [2.24, 2.45) is 0 Å². The van der Waals surface area contributed by atoms with Crippen LogP contribution in [-0.2, 0) is 0 Å². The van der Waals surface area contributed by atoms with Crippen LogP contribution in [0.5, 0.6) is 0 Å². The number of hydrogen-bond acceptors (Lipinski definition) is 2. The van der Waals surface area contributed by atoms with Crippen LogP contribution in [0.25, 0.3) is 0 Å². The molecule has 3 aromatic carbocycles. The van der Waals surface area contributed by atoms with Crippen LogP contribution < -0.4 is 4.90 Å². The number of fused-ring (bicyclic) bond motifs is 2. The molecule has 0 saturated carbocycles. The summed E-state index contributed by atoms with van der Waals surface area (Å²) in [4.78, 5) is 4.90. The lowest BCUT2D eigenvalue weighted by Crippen LogP contribution is -2.14. The Balaban J connectivity index is 1.98. The van der Waals surface area contributed by atoms with Gasteiger partial charge < -0.3 is 4.90 Å². The Labute approximate surface area is 122 Å². The molecule has 1 aliphatic rings. The normalized spacial score (nSPS) is 12.7. The molecule has 0 fully saturated rings. The highest BCUT2D eigenvalue weighted by Gasteiger charge is 2.23. The molecule has 0 bridgehead atoms. The van der Waals surface area contributed by atoms with E-state index in [0.717, 1.165) is 0 Å². The van der Waals surface area contributed by atoms with Crippen molar-refractivity contribution in [3.8, 4) is 0 Å². The second-order valence-corrected chi connectivity index (χ2v) is 5.71. The average Bonchev–Trinajstić information content (AvgIpc) is 2.53. The van der Waals surface area contributed by atoms with E-state index >= 15 is 0 Å². The van der Waals surface area contributed by atoms with Crippen molar-refractivity contribution in [1.29, 1.82) is 0 Å².